The van der Waals surface area contributed by atoms with Crippen molar-refractivity contribution in [3.63, 3.8) is 0 Å². The molecule has 0 bridgehead atoms. The SMILES string of the molecule is CNC1(C(O)N2CCC3(CC2)C(=O)N(Cc2ncc4ccccc4c2-c2ccc(F)nc2)c2cnccc23)CC1. The number of hydrogen-bond acceptors (Lipinski definition) is 7. The third kappa shape index (κ3) is 3.83. The Balaban J connectivity index is 1.24. The van der Waals surface area contributed by atoms with Crippen molar-refractivity contribution in [2.75, 3.05) is 25.0 Å². The number of anilines is 1. The number of rotatable bonds is 6. The van der Waals surface area contributed by atoms with Gasteiger partial charge in [0.2, 0.25) is 11.9 Å². The van der Waals surface area contributed by atoms with Gasteiger partial charge in [0.05, 0.1) is 35.1 Å². The number of likely N-dealkylation sites (tertiary alicyclic amines) is 1. The zero-order valence-electron chi connectivity index (χ0n) is 22.3. The van der Waals surface area contributed by atoms with Gasteiger partial charge in [-0.05, 0) is 61.9 Å². The molecule has 2 N–H and O–H groups in total. The summed E-state index contributed by atoms with van der Waals surface area (Å²) in [7, 11) is 1.90. The van der Waals surface area contributed by atoms with Gasteiger partial charge < -0.3 is 15.3 Å². The molecule has 4 aromatic rings. The lowest BCUT2D eigenvalue weighted by atomic mass is 9.73. The van der Waals surface area contributed by atoms with Crippen molar-refractivity contribution in [1.82, 2.24) is 25.2 Å². The molecule has 1 spiro atoms. The summed E-state index contributed by atoms with van der Waals surface area (Å²) in [6.07, 6.45) is 9.45. The molecular formula is C31H31FN6O2. The van der Waals surface area contributed by atoms with Crippen LogP contribution in [0.15, 0.2) is 67.3 Å². The highest BCUT2D eigenvalue weighted by atomic mass is 19.1. The van der Waals surface area contributed by atoms with Gasteiger partial charge in [0.15, 0.2) is 0 Å². The first-order valence-electron chi connectivity index (χ1n) is 13.8. The second kappa shape index (κ2) is 9.40. The Morgan fingerprint density at radius 3 is 2.55 bits per heavy atom. The Bertz CT molecular complexity index is 1600. The highest BCUT2D eigenvalue weighted by molar-refractivity contribution is 6.08. The minimum atomic E-state index is -0.667. The fourth-order valence-electron chi connectivity index (χ4n) is 6.72. The number of benzene rings is 1. The van der Waals surface area contributed by atoms with Gasteiger partial charge in [-0.2, -0.15) is 4.39 Å². The van der Waals surface area contributed by atoms with E-state index in [4.69, 9.17) is 4.98 Å². The van der Waals surface area contributed by atoms with Crippen LogP contribution in [0.4, 0.5) is 10.1 Å². The third-order valence-corrected chi connectivity index (χ3v) is 9.24. The molecule has 3 aliphatic rings. The Hall–Kier alpha value is -3.79. The summed E-state index contributed by atoms with van der Waals surface area (Å²) in [4.78, 5) is 31.3. The van der Waals surface area contributed by atoms with Crippen molar-refractivity contribution in [2.24, 2.45) is 0 Å². The Labute approximate surface area is 231 Å². The quantitative estimate of drug-likeness (QED) is 0.361. The van der Waals surface area contributed by atoms with Gasteiger partial charge in [0, 0.05) is 48.2 Å². The highest BCUT2D eigenvalue weighted by Crippen LogP contribution is 2.50. The van der Waals surface area contributed by atoms with E-state index in [0.717, 1.165) is 46.0 Å². The predicted molar refractivity (Wildman–Crippen MR) is 150 cm³/mol. The molecule has 1 unspecified atom stereocenters. The maximum absolute atomic E-state index is 14.4. The number of pyridine rings is 3. The standard InChI is InChI=1S/C31H31FN6O2/c1-33-31(9-10-31)29(40)37-14-11-30(12-15-37)23-8-13-34-18-25(23)38(28(30)39)19-24-27(21-6-7-26(32)36-17-21)22-5-3-2-4-20(22)16-35-24/h2-8,13,16-18,29,33,40H,9-12,14-15,19H2,1H3. The van der Waals surface area contributed by atoms with E-state index in [1.54, 1.807) is 18.5 Å². The molecule has 1 aliphatic carbocycles. The van der Waals surface area contributed by atoms with E-state index in [-0.39, 0.29) is 18.0 Å². The number of carbonyl (C=O) groups is 1. The number of fused-ring (bicyclic) bond motifs is 3. The van der Waals surface area contributed by atoms with E-state index < -0.39 is 17.6 Å². The van der Waals surface area contributed by atoms with Crippen LogP contribution in [0.25, 0.3) is 21.9 Å². The van der Waals surface area contributed by atoms with E-state index in [1.165, 1.54) is 12.3 Å². The maximum atomic E-state index is 14.4. The fraction of sp³-hybridized carbons (Fsp3) is 0.355. The molecule has 7 rings (SSSR count). The lowest BCUT2D eigenvalue weighted by molar-refractivity contribution is -0.127. The fourth-order valence-corrected chi connectivity index (χ4v) is 6.72. The van der Waals surface area contributed by atoms with Gasteiger partial charge in [0.25, 0.3) is 0 Å². The smallest absolute Gasteiger partial charge is 0.238 e. The first kappa shape index (κ1) is 25.2. The molecule has 2 fully saturated rings. The van der Waals surface area contributed by atoms with Gasteiger partial charge >= 0.3 is 0 Å². The monoisotopic (exact) mass is 538 g/mol. The average molecular weight is 539 g/mol. The summed E-state index contributed by atoms with van der Waals surface area (Å²) >= 11 is 0. The molecule has 3 aromatic heterocycles. The van der Waals surface area contributed by atoms with E-state index in [0.29, 0.717) is 31.6 Å². The van der Waals surface area contributed by atoms with Crippen LogP contribution in [0.1, 0.15) is 36.9 Å². The molecule has 1 aromatic carbocycles. The van der Waals surface area contributed by atoms with Crippen molar-refractivity contribution in [1.29, 1.82) is 0 Å². The number of amides is 1. The molecule has 1 saturated carbocycles. The van der Waals surface area contributed by atoms with Crippen LogP contribution in [0.3, 0.4) is 0 Å². The van der Waals surface area contributed by atoms with Gasteiger partial charge in [0.1, 0.15) is 6.23 Å². The molecule has 8 nitrogen and oxygen atoms in total. The van der Waals surface area contributed by atoms with E-state index >= 15 is 0 Å². The molecule has 40 heavy (non-hydrogen) atoms. The van der Waals surface area contributed by atoms with Gasteiger partial charge in [-0.1, -0.05) is 24.3 Å². The number of aliphatic hydroxyl groups is 1. The zero-order chi connectivity index (χ0) is 27.5. The van der Waals surface area contributed by atoms with E-state index in [2.05, 4.69) is 20.2 Å². The summed E-state index contributed by atoms with van der Waals surface area (Å²) in [6.45, 7) is 1.52. The minimum absolute atomic E-state index is 0.0394. The first-order chi connectivity index (χ1) is 19.5. The number of carbonyl (C=O) groups excluding carboxylic acids is 1. The zero-order valence-corrected chi connectivity index (χ0v) is 22.3. The Morgan fingerprint density at radius 2 is 1.82 bits per heavy atom. The van der Waals surface area contributed by atoms with Crippen molar-refractivity contribution >= 4 is 22.4 Å². The summed E-state index contributed by atoms with van der Waals surface area (Å²) in [5.74, 6) is -0.508. The van der Waals surface area contributed by atoms with Crippen molar-refractivity contribution < 1.29 is 14.3 Å². The molecular weight excluding hydrogens is 507 g/mol. The lowest BCUT2D eigenvalue weighted by Gasteiger charge is -2.42. The predicted octanol–water partition coefficient (Wildman–Crippen LogP) is 3.78. The van der Waals surface area contributed by atoms with Crippen LogP contribution < -0.4 is 10.2 Å². The summed E-state index contributed by atoms with van der Waals surface area (Å²) < 4.78 is 13.7. The number of likely N-dealkylation sites (N-methyl/N-ethyl adjacent to an activating group) is 1. The second-order valence-corrected chi connectivity index (χ2v) is 11.2. The van der Waals surface area contributed by atoms with Crippen LogP contribution in [0.2, 0.25) is 0 Å². The number of hydrogen-bond donors (Lipinski definition) is 2. The van der Waals surface area contributed by atoms with Crippen LogP contribution in [-0.2, 0) is 16.8 Å². The number of aliphatic hydroxyl groups excluding tert-OH is 1. The Morgan fingerprint density at radius 1 is 1.02 bits per heavy atom. The maximum Gasteiger partial charge on any atom is 0.238 e. The average Bonchev–Trinajstić information content (AvgIpc) is 3.77. The number of halogens is 1. The Kier molecular flexibility index (Phi) is 5.92. The molecule has 0 radical (unpaired) electrons. The molecule has 2 aliphatic heterocycles. The molecule has 204 valence electrons. The van der Waals surface area contributed by atoms with E-state index in [9.17, 15) is 14.3 Å². The normalized spacial score (nSPS) is 20.2. The van der Waals surface area contributed by atoms with Crippen molar-refractivity contribution in [2.45, 2.75) is 49.4 Å². The van der Waals surface area contributed by atoms with Crippen LogP contribution in [0.5, 0.6) is 0 Å². The molecule has 1 atom stereocenters. The summed E-state index contributed by atoms with van der Waals surface area (Å²) in [5, 5.41) is 16.3. The molecule has 5 heterocycles. The van der Waals surface area contributed by atoms with Crippen molar-refractivity contribution in [3.8, 4) is 11.1 Å². The van der Waals surface area contributed by atoms with Crippen molar-refractivity contribution in [3.05, 3.63) is 84.5 Å². The second-order valence-electron chi connectivity index (χ2n) is 11.2. The summed E-state index contributed by atoms with van der Waals surface area (Å²) in [5.41, 5.74) is 3.18. The summed E-state index contributed by atoms with van der Waals surface area (Å²) in [6, 6.07) is 12.9. The minimum Gasteiger partial charge on any atom is -0.376 e. The number of nitrogens with zero attached hydrogens (tertiary/aromatic N) is 5. The molecule has 1 amide bonds. The number of aromatic nitrogens is 3. The van der Waals surface area contributed by atoms with E-state index in [1.807, 2.05) is 48.5 Å². The van der Waals surface area contributed by atoms with Gasteiger partial charge in [-0.25, -0.2) is 4.98 Å². The van der Waals surface area contributed by atoms with Gasteiger partial charge in [-0.15, -0.1) is 0 Å². The largest absolute Gasteiger partial charge is 0.376 e. The van der Waals surface area contributed by atoms with Gasteiger partial charge in [-0.3, -0.25) is 19.7 Å². The third-order valence-electron chi connectivity index (χ3n) is 9.24. The first-order valence-corrected chi connectivity index (χ1v) is 13.8. The van der Waals surface area contributed by atoms with Crippen LogP contribution >= 0.6 is 0 Å². The lowest BCUT2D eigenvalue weighted by Crippen LogP contribution is -2.56. The highest BCUT2D eigenvalue weighted by Gasteiger charge is 2.55. The number of piperidine rings is 1. The molecule has 1 saturated heterocycles. The van der Waals surface area contributed by atoms with Crippen LogP contribution in [-0.4, -0.2) is 62.8 Å². The number of nitrogens with one attached hydrogen (secondary N) is 1. The van der Waals surface area contributed by atoms with Crippen LogP contribution in [0, 0.1) is 5.95 Å². The molecule has 9 heteroatoms. The topological polar surface area (TPSA) is 94.5 Å².